The Morgan fingerprint density at radius 2 is 1.78 bits per heavy atom. The fourth-order valence-electron chi connectivity index (χ4n) is 3.44. The zero-order valence-corrected chi connectivity index (χ0v) is 16.0. The van der Waals surface area contributed by atoms with E-state index >= 15 is 0 Å². The predicted molar refractivity (Wildman–Crippen MR) is 108 cm³/mol. The molecule has 7 heteroatoms. The zero-order chi connectivity index (χ0) is 18.8. The van der Waals surface area contributed by atoms with Gasteiger partial charge in [-0.3, -0.25) is 0 Å². The third kappa shape index (κ3) is 3.71. The van der Waals surface area contributed by atoms with Crippen molar-refractivity contribution in [2.75, 3.05) is 31.1 Å². The summed E-state index contributed by atoms with van der Waals surface area (Å²) in [4.78, 5) is 21.3. The maximum absolute atomic E-state index is 12.5. The van der Waals surface area contributed by atoms with Gasteiger partial charge in [-0.25, -0.2) is 9.78 Å². The summed E-state index contributed by atoms with van der Waals surface area (Å²) in [6.07, 6.45) is 0. The normalized spacial score (nSPS) is 14.6. The van der Waals surface area contributed by atoms with Gasteiger partial charge in [0.2, 0.25) is 0 Å². The third-order valence-corrected chi connectivity index (χ3v) is 5.29. The number of aromatic nitrogens is 2. The topological polar surface area (TPSA) is 53.4 Å². The first-order valence-electron chi connectivity index (χ1n) is 9.05. The molecule has 1 aliphatic heterocycles. The molecule has 6 nitrogen and oxygen atoms in total. The van der Waals surface area contributed by atoms with E-state index in [1.807, 2.05) is 65.0 Å². The fraction of sp³-hybridized carbons (Fsp3) is 0.300. The molecule has 0 saturated carbocycles. The zero-order valence-electron chi connectivity index (χ0n) is 15.2. The molecule has 1 saturated heterocycles. The molecule has 4 rings (SSSR count). The highest BCUT2D eigenvalue weighted by Gasteiger charge is 2.21. The number of piperazine rings is 1. The van der Waals surface area contributed by atoms with Crippen LogP contribution in [0.2, 0.25) is 5.02 Å². The number of imidazole rings is 1. The van der Waals surface area contributed by atoms with Crippen LogP contribution in [0.5, 0.6) is 0 Å². The molecule has 1 N–H and O–H groups in total. The number of rotatable bonds is 3. The Morgan fingerprint density at radius 1 is 1.07 bits per heavy atom. The van der Waals surface area contributed by atoms with Gasteiger partial charge in [-0.1, -0.05) is 23.7 Å². The number of fused-ring (bicyclic) bond motifs is 1. The second-order valence-corrected chi connectivity index (χ2v) is 7.12. The van der Waals surface area contributed by atoms with Gasteiger partial charge < -0.3 is 19.7 Å². The van der Waals surface area contributed by atoms with Gasteiger partial charge in [-0.2, -0.15) is 0 Å². The SMILES string of the molecule is Cn1c(CNC(=O)N2CCN(c3ccc(Cl)cc3)CC2)nc2ccccc21. The number of carbonyl (C=O) groups is 1. The van der Waals surface area contributed by atoms with E-state index in [-0.39, 0.29) is 6.03 Å². The second kappa shape index (κ2) is 7.48. The number of para-hydroxylation sites is 2. The summed E-state index contributed by atoms with van der Waals surface area (Å²) >= 11 is 5.95. The van der Waals surface area contributed by atoms with Crippen molar-refractivity contribution in [3.63, 3.8) is 0 Å². The lowest BCUT2D eigenvalue weighted by Crippen LogP contribution is -2.51. The van der Waals surface area contributed by atoms with Gasteiger partial charge in [0.15, 0.2) is 0 Å². The molecule has 0 spiro atoms. The van der Waals surface area contributed by atoms with E-state index in [0.29, 0.717) is 19.6 Å². The van der Waals surface area contributed by atoms with Crippen LogP contribution >= 0.6 is 11.6 Å². The van der Waals surface area contributed by atoms with Crippen LogP contribution in [-0.2, 0) is 13.6 Å². The number of halogens is 1. The van der Waals surface area contributed by atoms with Gasteiger partial charge in [0.05, 0.1) is 17.6 Å². The Hall–Kier alpha value is -2.73. The number of aryl methyl sites for hydroxylation is 1. The number of nitrogens with one attached hydrogen (secondary N) is 1. The molecule has 1 aromatic heterocycles. The third-order valence-electron chi connectivity index (χ3n) is 5.04. The molecule has 140 valence electrons. The molecule has 2 heterocycles. The fourth-order valence-corrected chi connectivity index (χ4v) is 3.57. The summed E-state index contributed by atoms with van der Waals surface area (Å²) in [5.74, 6) is 0.851. The van der Waals surface area contributed by atoms with E-state index in [1.165, 1.54) is 0 Å². The molecule has 1 fully saturated rings. The number of carbonyl (C=O) groups excluding carboxylic acids is 1. The van der Waals surface area contributed by atoms with E-state index in [1.54, 1.807) is 0 Å². The highest BCUT2D eigenvalue weighted by atomic mass is 35.5. The highest BCUT2D eigenvalue weighted by molar-refractivity contribution is 6.30. The van der Waals surface area contributed by atoms with Gasteiger partial charge >= 0.3 is 6.03 Å². The number of anilines is 1. The average molecular weight is 384 g/mol. The summed E-state index contributed by atoms with van der Waals surface area (Å²) < 4.78 is 2.02. The van der Waals surface area contributed by atoms with Crippen molar-refractivity contribution in [3.05, 3.63) is 59.4 Å². The predicted octanol–water partition coefficient (Wildman–Crippen LogP) is 3.26. The van der Waals surface area contributed by atoms with Crippen molar-refractivity contribution in [1.82, 2.24) is 19.8 Å². The average Bonchev–Trinajstić information content (AvgIpc) is 3.03. The Balaban J connectivity index is 1.33. The number of hydrogen-bond acceptors (Lipinski definition) is 3. The summed E-state index contributed by atoms with van der Waals surface area (Å²) in [5.41, 5.74) is 3.15. The monoisotopic (exact) mass is 383 g/mol. The highest BCUT2D eigenvalue weighted by Crippen LogP contribution is 2.19. The molecule has 0 bridgehead atoms. The molecule has 0 aliphatic carbocycles. The van der Waals surface area contributed by atoms with E-state index in [4.69, 9.17) is 11.6 Å². The molecule has 3 aromatic rings. The Morgan fingerprint density at radius 3 is 2.48 bits per heavy atom. The number of benzene rings is 2. The second-order valence-electron chi connectivity index (χ2n) is 6.68. The minimum absolute atomic E-state index is 0.0437. The smallest absolute Gasteiger partial charge is 0.317 e. The van der Waals surface area contributed by atoms with Gasteiger partial charge in [-0.15, -0.1) is 0 Å². The standard InChI is InChI=1S/C20H22ClN5O/c1-24-18-5-3-2-4-17(18)23-19(24)14-22-20(27)26-12-10-25(11-13-26)16-8-6-15(21)7-9-16/h2-9H,10-14H2,1H3,(H,22,27). The first kappa shape index (κ1) is 17.7. The molecule has 0 unspecified atom stereocenters. The molecular formula is C20H22ClN5O. The Kier molecular flexibility index (Phi) is 4.90. The van der Waals surface area contributed by atoms with Crippen molar-refractivity contribution >= 4 is 34.4 Å². The van der Waals surface area contributed by atoms with Crippen molar-refractivity contribution < 1.29 is 4.79 Å². The minimum atomic E-state index is -0.0437. The first-order valence-corrected chi connectivity index (χ1v) is 9.43. The largest absolute Gasteiger partial charge is 0.368 e. The van der Waals surface area contributed by atoms with Crippen LogP contribution in [0.1, 0.15) is 5.82 Å². The van der Waals surface area contributed by atoms with E-state index in [2.05, 4.69) is 15.2 Å². The lowest BCUT2D eigenvalue weighted by molar-refractivity contribution is 0.193. The molecule has 27 heavy (non-hydrogen) atoms. The Bertz CT molecular complexity index is 945. The van der Waals surface area contributed by atoms with Gasteiger partial charge in [-0.05, 0) is 36.4 Å². The van der Waals surface area contributed by atoms with Gasteiger partial charge in [0.1, 0.15) is 5.82 Å². The lowest BCUT2D eigenvalue weighted by Gasteiger charge is -2.36. The van der Waals surface area contributed by atoms with Crippen LogP contribution in [-0.4, -0.2) is 46.7 Å². The summed E-state index contributed by atoms with van der Waals surface area (Å²) in [6, 6.07) is 15.8. The van der Waals surface area contributed by atoms with E-state index in [0.717, 1.165) is 40.7 Å². The maximum atomic E-state index is 12.5. The number of nitrogens with zero attached hydrogens (tertiary/aromatic N) is 4. The van der Waals surface area contributed by atoms with Crippen LogP contribution in [0.4, 0.5) is 10.5 Å². The van der Waals surface area contributed by atoms with Crippen LogP contribution in [0.25, 0.3) is 11.0 Å². The molecule has 2 amide bonds. The van der Waals surface area contributed by atoms with Crippen LogP contribution in [0.15, 0.2) is 48.5 Å². The van der Waals surface area contributed by atoms with Crippen LogP contribution < -0.4 is 10.2 Å². The molecular weight excluding hydrogens is 362 g/mol. The molecule has 0 radical (unpaired) electrons. The van der Waals surface area contributed by atoms with Crippen molar-refractivity contribution in [2.45, 2.75) is 6.54 Å². The van der Waals surface area contributed by atoms with Crippen molar-refractivity contribution in [1.29, 1.82) is 0 Å². The van der Waals surface area contributed by atoms with Crippen molar-refractivity contribution in [3.8, 4) is 0 Å². The van der Waals surface area contributed by atoms with Crippen molar-refractivity contribution in [2.24, 2.45) is 7.05 Å². The number of hydrogen-bond donors (Lipinski definition) is 1. The van der Waals surface area contributed by atoms with Gasteiger partial charge in [0, 0.05) is 43.9 Å². The molecule has 0 atom stereocenters. The summed E-state index contributed by atoms with van der Waals surface area (Å²) in [6.45, 7) is 3.41. The van der Waals surface area contributed by atoms with E-state index in [9.17, 15) is 4.79 Å². The van der Waals surface area contributed by atoms with E-state index < -0.39 is 0 Å². The molecule has 2 aromatic carbocycles. The summed E-state index contributed by atoms with van der Waals surface area (Å²) in [7, 11) is 1.97. The van der Waals surface area contributed by atoms with Gasteiger partial charge in [0.25, 0.3) is 0 Å². The molecule has 1 aliphatic rings. The van der Waals surface area contributed by atoms with Crippen LogP contribution in [0, 0.1) is 0 Å². The number of amides is 2. The minimum Gasteiger partial charge on any atom is -0.368 e. The first-order chi connectivity index (χ1) is 13.1. The Labute approximate surface area is 163 Å². The maximum Gasteiger partial charge on any atom is 0.317 e. The lowest BCUT2D eigenvalue weighted by atomic mass is 10.2. The van der Waals surface area contributed by atoms with Crippen LogP contribution in [0.3, 0.4) is 0 Å². The summed E-state index contributed by atoms with van der Waals surface area (Å²) in [5, 5.41) is 3.74. The quantitative estimate of drug-likeness (QED) is 0.755. The number of urea groups is 1.